The molecule has 0 bridgehead atoms. The van der Waals surface area contributed by atoms with Crippen LogP contribution >= 0.6 is 0 Å². The first-order valence-corrected chi connectivity index (χ1v) is 10.5. The van der Waals surface area contributed by atoms with Crippen LogP contribution in [0.5, 0.6) is 0 Å². The van der Waals surface area contributed by atoms with Gasteiger partial charge in [0.05, 0.1) is 4.90 Å². The predicted molar refractivity (Wildman–Crippen MR) is 125 cm³/mol. The van der Waals surface area contributed by atoms with Gasteiger partial charge in [0.25, 0.3) is 0 Å². The Balaban J connectivity index is 0.000000412. The first-order chi connectivity index (χ1) is 14.9. The number of aromatic nitrogens is 3. The van der Waals surface area contributed by atoms with Gasteiger partial charge in [0.1, 0.15) is 21.2 Å². The van der Waals surface area contributed by atoms with Crippen molar-refractivity contribution in [2.75, 3.05) is 0 Å². The third kappa shape index (κ3) is 12.1. The molecule has 0 aliphatic carbocycles. The summed E-state index contributed by atoms with van der Waals surface area (Å²) in [5.41, 5.74) is 3.00. The molecule has 32 heavy (non-hydrogen) atoms. The van der Waals surface area contributed by atoms with Crippen molar-refractivity contribution in [3.63, 3.8) is 0 Å². The smallest absolute Gasteiger partial charge is 0.744 e. The number of H-pyrrole nitrogens is 1. The molecule has 0 radical (unpaired) electrons. The van der Waals surface area contributed by atoms with E-state index in [2.05, 4.69) is 35.1 Å². The standard InChI is InChI=1S/C8H8.C6H5N3.C6H6O3S.C4H6.Na/c1-2-8-6-4-3-5-7-8;1-2-4-6-5(3-1)7-9-8-6;7-10(8,9)6-4-2-1-3-5-6;1-3-4-2;/h2-7H,1H2;1-4H,(H,7,8,9);1-5H,(H,7,8,9);3-4H,1-2H2;/q;;;;+1/p-1. The van der Waals surface area contributed by atoms with Crippen LogP contribution < -0.4 is 29.6 Å². The summed E-state index contributed by atoms with van der Waals surface area (Å²) in [6.45, 7) is 10.4. The maximum atomic E-state index is 10.3. The van der Waals surface area contributed by atoms with E-state index >= 15 is 0 Å². The molecule has 3 aromatic carbocycles. The zero-order valence-corrected chi connectivity index (χ0v) is 20.8. The molecule has 8 heteroatoms. The average Bonchev–Trinajstić information content (AvgIpc) is 3.30. The minimum absolute atomic E-state index is 0. The largest absolute Gasteiger partial charge is 1.00 e. The zero-order valence-electron chi connectivity index (χ0n) is 18.0. The molecule has 0 atom stereocenters. The van der Waals surface area contributed by atoms with Gasteiger partial charge in [-0.3, -0.25) is 0 Å². The summed E-state index contributed by atoms with van der Waals surface area (Å²) in [6.07, 6.45) is 5.11. The number of aromatic amines is 1. The molecular weight excluding hydrogens is 433 g/mol. The second-order valence-corrected chi connectivity index (χ2v) is 7.05. The molecule has 6 nitrogen and oxygen atoms in total. The van der Waals surface area contributed by atoms with Gasteiger partial charge in [-0.1, -0.05) is 98.6 Å². The molecule has 0 saturated heterocycles. The van der Waals surface area contributed by atoms with Gasteiger partial charge in [0.15, 0.2) is 0 Å². The molecule has 0 amide bonds. The van der Waals surface area contributed by atoms with Crippen LogP contribution in [0.25, 0.3) is 17.1 Å². The Labute approximate surface area is 211 Å². The van der Waals surface area contributed by atoms with Crippen molar-refractivity contribution < 1.29 is 42.5 Å². The van der Waals surface area contributed by atoms with Crippen LogP contribution in [0.3, 0.4) is 0 Å². The van der Waals surface area contributed by atoms with Crippen molar-refractivity contribution in [3.05, 3.63) is 122 Å². The number of hydrogen-bond donors (Lipinski definition) is 1. The Morgan fingerprint density at radius 3 is 1.44 bits per heavy atom. The van der Waals surface area contributed by atoms with Gasteiger partial charge in [0, 0.05) is 0 Å². The monoisotopic (exact) mass is 457 g/mol. The van der Waals surface area contributed by atoms with Gasteiger partial charge < -0.3 is 4.55 Å². The van der Waals surface area contributed by atoms with Crippen molar-refractivity contribution in [1.82, 2.24) is 15.4 Å². The minimum atomic E-state index is -4.25. The van der Waals surface area contributed by atoms with E-state index in [4.69, 9.17) is 0 Å². The molecule has 160 valence electrons. The van der Waals surface area contributed by atoms with Crippen molar-refractivity contribution in [1.29, 1.82) is 0 Å². The van der Waals surface area contributed by atoms with Crippen molar-refractivity contribution >= 4 is 27.2 Å². The molecule has 4 aromatic rings. The molecule has 1 heterocycles. The summed E-state index contributed by atoms with van der Waals surface area (Å²) in [4.78, 5) is -0.185. The van der Waals surface area contributed by atoms with Crippen LogP contribution in [0.1, 0.15) is 5.56 Å². The van der Waals surface area contributed by atoms with Crippen LogP contribution in [0, 0.1) is 0 Å². The third-order valence-electron chi connectivity index (χ3n) is 3.46. The number of allylic oxidation sites excluding steroid dienone is 2. The van der Waals surface area contributed by atoms with Crippen LogP contribution in [0.2, 0.25) is 0 Å². The normalized spacial score (nSPS) is 9.16. The van der Waals surface area contributed by atoms with Gasteiger partial charge >= 0.3 is 29.6 Å². The van der Waals surface area contributed by atoms with Crippen LogP contribution in [-0.4, -0.2) is 28.4 Å². The van der Waals surface area contributed by atoms with Gasteiger partial charge in [-0.05, 0) is 29.8 Å². The summed E-state index contributed by atoms with van der Waals surface area (Å²) in [7, 11) is -4.25. The molecule has 0 spiro atoms. The molecule has 4 rings (SSSR count). The Bertz CT molecular complexity index is 1130. The maximum absolute atomic E-state index is 10.3. The summed E-state index contributed by atoms with van der Waals surface area (Å²) >= 11 is 0. The van der Waals surface area contributed by atoms with Gasteiger partial charge in [-0.15, -0.1) is 0 Å². The van der Waals surface area contributed by atoms with E-state index in [0.717, 1.165) is 11.0 Å². The summed E-state index contributed by atoms with van der Waals surface area (Å²) < 4.78 is 30.8. The molecule has 0 fully saturated rings. The van der Waals surface area contributed by atoms with Gasteiger partial charge in [-0.25, -0.2) is 8.42 Å². The predicted octanol–water partition coefficient (Wildman–Crippen LogP) is 2.24. The Morgan fingerprint density at radius 2 is 1.12 bits per heavy atom. The fraction of sp³-hybridized carbons (Fsp3) is 0. The number of fused-ring (bicyclic) bond motifs is 1. The number of hydrogen-bond acceptors (Lipinski definition) is 5. The molecule has 0 unspecified atom stereocenters. The molecule has 0 aliphatic heterocycles. The topological polar surface area (TPSA) is 98.8 Å². The number of rotatable bonds is 3. The van der Waals surface area contributed by atoms with E-state index in [9.17, 15) is 13.0 Å². The van der Waals surface area contributed by atoms with Gasteiger partial charge in [-0.2, -0.15) is 15.4 Å². The number of nitrogens with zero attached hydrogens (tertiary/aromatic N) is 2. The third-order valence-corrected chi connectivity index (χ3v) is 4.31. The Hall–Kier alpha value is -2.81. The van der Waals surface area contributed by atoms with Crippen molar-refractivity contribution in [2.45, 2.75) is 4.90 Å². The van der Waals surface area contributed by atoms with E-state index < -0.39 is 10.1 Å². The van der Waals surface area contributed by atoms with E-state index in [1.165, 1.54) is 29.8 Å². The van der Waals surface area contributed by atoms with Crippen molar-refractivity contribution in [2.24, 2.45) is 0 Å². The molecule has 0 saturated carbocycles. The van der Waals surface area contributed by atoms with E-state index in [0.29, 0.717) is 0 Å². The van der Waals surface area contributed by atoms with Crippen molar-refractivity contribution in [3.8, 4) is 0 Å². The summed E-state index contributed by atoms with van der Waals surface area (Å²) in [5, 5.41) is 10.3. The maximum Gasteiger partial charge on any atom is 1.00 e. The minimum Gasteiger partial charge on any atom is -0.744 e. The van der Waals surface area contributed by atoms with E-state index in [1.807, 2.05) is 60.7 Å². The van der Waals surface area contributed by atoms with E-state index in [1.54, 1.807) is 18.2 Å². The number of nitrogens with one attached hydrogen (secondary N) is 1. The Kier molecular flexibility index (Phi) is 15.4. The molecular formula is C24H24N3NaO3S. The van der Waals surface area contributed by atoms with Gasteiger partial charge in [0.2, 0.25) is 0 Å². The molecule has 0 aliphatic rings. The fourth-order valence-electron chi connectivity index (χ4n) is 1.96. The number of benzene rings is 3. The Morgan fingerprint density at radius 1 is 0.719 bits per heavy atom. The van der Waals surface area contributed by atoms with Crippen LogP contribution in [0.15, 0.2) is 122 Å². The zero-order chi connectivity index (χ0) is 23.0. The SMILES string of the molecule is C=CC=C.C=Cc1ccccc1.O=S(=O)([O-])c1ccccc1.[Na+].c1ccc2n[nH]nc2c1. The van der Waals surface area contributed by atoms with E-state index in [-0.39, 0.29) is 34.5 Å². The molecule has 1 N–H and O–H groups in total. The molecule has 1 aromatic heterocycles. The second-order valence-electron chi connectivity index (χ2n) is 5.67. The quantitative estimate of drug-likeness (QED) is 0.289. The van der Waals surface area contributed by atoms with Crippen LogP contribution in [-0.2, 0) is 10.1 Å². The summed E-state index contributed by atoms with van der Waals surface area (Å²) in [5.74, 6) is 0. The summed E-state index contributed by atoms with van der Waals surface area (Å²) in [6, 6.07) is 24.9. The fourth-order valence-corrected chi connectivity index (χ4v) is 2.45. The average molecular weight is 458 g/mol. The number of para-hydroxylation sites is 2. The first kappa shape index (κ1) is 29.2. The first-order valence-electron chi connectivity index (χ1n) is 9.09. The van der Waals surface area contributed by atoms with Crippen LogP contribution in [0.4, 0.5) is 0 Å². The second kappa shape index (κ2) is 16.8.